The van der Waals surface area contributed by atoms with Gasteiger partial charge in [-0.3, -0.25) is 4.79 Å². The second-order valence-electron chi connectivity index (χ2n) is 3.32. The van der Waals surface area contributed by atoms with Crippen LogP contribution in [0.4, 0.5) is 0 Å². The first kappa shape index (κ1) is 11.3. The average Bonchev–Trinajstić information content (AvgIpc) is 2.52. The van der Waals surface area contributed by atoms with Crippen LogP contribution in [0.1, 0.15) is 30.0 Å². The highest BCUT2D eigenvalue weighted by molar-refractivity contribution is 7.09. The summed E-state index contributed by atoms with van der Waals surface area (Å²) in [7, 11) is 0. The number of Topliss-reactive ketones (excluding diaryl/α,β-unsaturated/α-hetero) is 1. The van der Waals surface area contributed by atoms with Crippen molar-refractivity contribution < 1.29 is 4.79 Å². The highest BCUT2D eigenvalue weighted by atomic mass is 32.1. The van der Waals surface area contributed by atoms with E-state index in [0.717, 1.165) is 23.5 Å². The number of ketones is 1. The van der Waals surface area contributed by atoms with Crippen LogP contribution in [0.15, 0.2) is 5.38 Å². The minimum absolute atomic E-state index is 0.267. The van der Waals surface area contributed by atoms with Crippen molar-refractivity contribution in [2.45, 2.75) is 32.6 Å². The number of rotatable bonds is 6. The number of carbonyl (C=O) groups is 1. The molecule has 4 heteroatoms. The van der Waals surface area contributed by atoms with Crippen molar-refractivity contribution in [3.63, 3.8) is 0 Å². The van der Waals surface area contributed by atoms with Crippen LogP contribution in [-0.2, 0) is 11.2 Å². The highest BCUT2D eigenvalue weighted by Gasteiger charge is 2.05. The van der Waals surface area contributed by atoms with Crippen molar-refractivity contribution in [3.05, 3.63) is 16.1 Å². The Morgan fingerprint density at radius 2 is 2.36 bits per heavy atom. The summed E-state index contributed by atoms with van der Waals surface area (Å²) < 4.78 is 0. The fraction of sp³-hybridized carbons (Fsp3) is 0.600. The van der Waals surface area contributed by atoms with Gasteiger partial charge in [0, 0.05) is 18.2 Å². The van der Waals surface area contributed by atoms with Crippen molar-refractivity contribution in [1.29, 1.82) is 0 Å². The second-order valence-corrected chi connectivity index (χ2v) is 4.38. The molecule has 0 bridgehead atoms. The van der Waals surface area contributed by atoms with Crippen molar-refractivity contribution in [2.24, 2.45) is 5.73 Å². The lowest BCUT2D eigenvalue weighted by Crippen LogP contribution is -2.05. The summed E-state index contributed by atoms with van der Waals surface area (Å²) in [4.78, 5) is 15.7. The highest BCUT2D eigenvalue weighted by Crippen LogP contribution is 2.10. The Morgan fingerprint density at radius 1 is 1.57 bits per heavy atom. The SMILES string of the molecule is Cc1nc(CC(=O)CCCCN)cs1. The van der Waals surface area contributed by atoms with Crippen LogP contribution >= 0.6 is 11.3 Å². The Labute approximate surface area is 88.3 Å². The molecule has 0 aliphatic carbocycles. The van der Waals surface area contributed by atoms with Gasteiger partial charge < -0.3 is 5.73 Å². The summed E-state index contributed by atoms with van der Waals surface area (Å²) in [6, 6.07) is 0. The largest absolute Gasteiger partial charge is 0.330 e. The molecule has 0 aliphatic heterocycles. The van der Waals surface area contributed by atoms with Crippen LogP contribution in [0, 0.1) is 6.92 Å². The lowest BCUT2D eigenvalue weighted by molar-refractivity contribution is -0.118. The quantitative estimate of drug-likeness (QED) is 0.730. The second kappa shape index (κ2) is 5.88. The first-order valence-electron chi connectivity index (χ1n) is 4.85. The summed E-state index contributed by atoms with van der Waals surface area (Å²) in [5, 5.41) is 2.98. The van der Waals surface area contributed by atoms with Gasteiger partial charge in [-0.25, -0.2) is 4.98 Å². The van der Waals surface area contributed by atoms with E-state index in [4.69, 9.17) is 5.73 Å². The van der Waals surface area contributed by atoms with Crippen molar-refractivity contribution in [1.82, 2.24) is 4.98 Å². The molecule has 0 atom stereocenters. The molecule has 1 aromatic rings. The molecule has 0 saturated heterocycles. The maximum absolute atomic E-state index is 11.4. The van der Waals surface area contributed by atoms with E-state index in [1.807, 2.05) is 12.3 Å². The van der Waals surface area contributed by atoms with E-state index in [-0.39, 0.29) is 5.78 Å². The monoisotopic (exact) mass is 212 g/mol. The molecular formula is C10H16N2OS. The van der Waals surface area contributed by atoms with E-state index in [2.05, 4.69) is 4.98 Å². The molecule has 1 aromatic heterocycles. The molecule has 0 aliphatic rings. The van der Waals surface area contributed by atoms with E-state index in [1.165, 1.54) is 0 Å². The van der Waals surface area contributed by atoms with Gasteiger partial charge in [0.25, 0.3) is 0 Å². The lowest BCUT2D eigenvalue weighted by atomic mass is 10.1. The molecule has 2 N–H and O–H groups in total. The third-order valence-corrected chi connectivity index (χ3v) is 2.78. The van der Waals surface area contributed by atoms with E-state index in [0.29, 0.717) is 19.4 Å². The topological polar surface area (TPSA) is 56.0 Å². The number of nitrogens with two attached hydrogens (primary N) is 1. The first-order valence-corrected chi connectivity index (χ1v) is 5.73. The zero-order valence-corrected chi connectivity index (χ0v) is 9.27. The molecule has 0 radical (unpaired) electrons. The molecule has 1 rings (SSSR count). The zero-order chi connectivity index (χ0) is 10.4. The number of nitrogens with zero attached hydrogens (tertiary/aromatic N) is 1. The summed E-state index contributed by atoms with van der Waals surface area (Å²) >= 11 is 1.59. The van der Waals surface area contributed by atoms with Crippen molar-refractivity contribution >= 4 is 17.1 Å². The summed E-state index contributed by atoms with van der Waals surface area (Å²) in [6.45, 7) is 2.62. The lowest BCUT2D eigenvalue weighted by Gasteiger charge is -1.97. The van der Waals surface area contributed by atoms with Gasteiger partial charge >= 0.3 is 0 Å². The average molecular weight is 212 g/mol. The van der Waals surface area contributed by atoms with Crippen LogP contribution in [-0.4, -0.2) is 17.3 Å². The van der Waals surface area contributed by atoms with Crippen LogP contribution < -0.4 is 5.73 Å². The van der Waals surface area contributed by atoms with Crippen LogP contribution in [0.2, 0.25) is 0 Å². The minimum atomic E-state index is 0.267. The van der Waals surface area contributed by atoms with Gasteiger partial charge in [0.15, 0.2) is 0 Å². The third-order valence-electron chi connectivity index (χ3n) is 1.95. The molecule has 14 heavy (non-hydrogen) atoms. The maximum atomic E-state index is 11.4. The normalized spacial score (nSPS) is 10.4. The first-order chi connectivity index (χ1) is 6.72. The Hall–Kier alpha value is -0.740. The number of carbonyl (C=O) groups excluding carboxylic acids is 1. The number of unbranched alkanes of at least 4 members (excludes halogenated alkanes) is 1. The predicted molar refractivity (Wildman–Crippen MR) is 58.5 cm³/mol. The molecule has 0 amide bonds. The van der Waals surface area contributed by atoms with E-state index in [9.17, 15) is 4.79 Å². The molecule has 78 valence electrons. The van der Waals surface area contributed by atoms with Gasteiger partial charge in [-0.1, -0.05) is 0 Å². The molecular weight excluding hydrogens is 196 g/mol. The zero-order valence-electron chi connectivity index (χ0n) is 8.45. The van der Waals surface area contributed by atoms with Crippen LogP contribution in [0.25, 0.3) is 0 Å². The van der Waals surface area contributed by atoms with Gasteiger partial charge in [-0.05, 0) is 26.3 Å². The van der Waals surface area contributed by atoms with E-state index in [1.54, 1.807) is 11.3 Å². The third kappa shape index (κ3) is 3.98. The summed E-state index contributed by atoms with van der Waals surface area (Å²) in [5.41, 5.74) is 6.26. The van der Waals surface area contributed by atoms with Gasteiger partial charge in [0.1, 0.15) is 5.78 Å². The molecule has 0 aromatic carbocycles. The summed E-state index contributed by atoms with van der Waals surface area (Å²) in [5.74, 6) is 0.267. The molecule has 0 unspecified atom stereocenters. The smallest absolute Gasteiger partial charge is 0.138 e. The standard InChI is InChI=1S/C10H16N2OS/c1-8-12-9(7-14-8)6-10(13)4-2-3-5-11/h7H,2-6,11H2,1H3. The number of hydrogen-bond donors (Lipinski definition) is 1. The fourth-order valence-corrected chi connectivity index (χ4v) is 1.86. The van der Waals surface area contributed by atoms with E-state index >= 15 is 0 Å². The molecule has 1 heterocycles. The van der Waals surface area contributed by atoms with Crippen molar-refractivity contribution in [3.8, 4) is 0 Å². The number of thiazole rings is 1. The maximum Gasteiger partial charge on any atom is 0.138 e. The van der Waals surface area contributed by atoms with Gasteiger partial charge in [0.05, 0.1) is 10.7 Å². The Balaban J connectivity index is 2.27. The Kier molecular flexibility index (Phi) is 4.76. The number of hydrogen-bond acceptors (Lipinski definition) is 4. The molecule has 0 saturated carbocycles. The minimum Gasteiger partial charge on any atom is -0.330 e. The van der Waals surface area contributed by atoms with Gasteiger partial charge in [0.2, 0.25) is 0 Å². The van der Waals surface area contributed by atoms with E-state index < -0.39 is 0 Å². The van der Waals surface area contributed by atoms with Crippen molar-refractivity contribution in [2.75, 3.05) is 6.54 Å². The molecule has 0 spiro atoms. The molecule has 3 nitrogen and oxygen atoms in total. The van der Waals surface area contributed by atoms with Crippen LogP contribution in [0.3, 0.4) is 0 Å². The number of aryl methyl sites for hydroxylation is 1. The molecule has 0 fully saturated rings. The summed E-state index contributed by atoms with van der Waals surface area (Å²) in [6.07, 6.45) is 2.95. The van der Waals surface area contributed by atoms with Crippen LogP contribution in [0.5, 0.6) is 0 Å². The van der Waals surface area contributed by atoms with Gasteiger partial charge in [-0.2, -0.15) is 0 Å². The Bertz CT molecular complexity index is 296. The Morgan fingerprint density at radius 3 is 2.93 bits per heavy atom. The van der Waals surface area contributed by atoms with Gasteiger partial charge in [-0.15, -0.1) is 11.3 Å². The predicted octanol–water partition coefficient (Wildman–Crippen LogP) is 1.69. The number of aromatic nitrogens is 1. The fourth-order valence-electron chi connectivity index (χ4n) is 1.25.